The molecule has 0 aliphatic carbocycles. The second kappa shape index (κ2) is 6.48. The number of methoxy groups -OCH3 is 1. The first kappa shape index (κ1) is 16.8. The molecule has 1 heterocycles. The molecule has 0 fully saturated rings. The van der Waals surface area contributed by atoms with Crippen LogP contribution in [0.4, 0.5) is 11.4 Å². The molecule has 0 N–H and O–H groups in total. The number of anilines is 1. The van der Waals surface area contributed by atoms with Crippen LogP contribution in [0, 0.1) is 10.1 Å². The lowest BCUT2D eigenvalue weighted by Crippen LogP contribution is -2.23. The molecule has 0 spiro atoms. The molecule has 3 aromatic rings. The molecule has 128 valence electrons. The molecule has 0 saturated heterocycles. The highest BCUT2D eigenvalue weighted by molar-refractivity contribution is 7.21. The normalized spacial score (nSPS) is 10.7. The molecular formula is C17H15N3O4S. The fourth-order valence-electron chi connectivity index (χ4n) is 2.41. The monoisotopic (exact) mass is 357 g/mol. The molecular weight excluding hydrogens is 342 g/mol. The number of nitrogens with zero attached hydrogens (tertiary/aromatic N) is 3. The van der Waals surface area contributed by atoms with E-state index in [-0.39, 0.29) is 17.3 Å². The number of carbonyl (C=O) groups is 1. The first-order valence-electron chi connectivity index (χ1n) is 7.38. The van der Waals surface area contributed by atoms with E-state index < -0.39 is 4.92 Å². The number of amides is 1. The summed E-state index contributed by atoms with van der Waals surface area (Å²) >= 11 is 1.43. The van der Waals surface area contributed by atoms with E-state index in [0.29, 0.717) is 10.6 Å². The minimum Gasteiger partial charge on any atom is -0.497 e. The van der Waals surface area contributed by atoms with Crippen molar-refractivity contribution in [2.45, 2.75) is 6.92 Å². The van der Waals surface area contributed by atoms with Crippen LogP contribution in [0.2, 0.25) is 0 Å². The Morgan fingerprint density at radius 1 is 1.28 bits per heavy atom. The van der Waals surface area contributed by atoms with Gasteiger partial charge in [-0.05, 0) is 30.3 Å². The Hall–Kier alpha value is -3.00. The molecule has 2 aromatic carbocycles. The van der Waals surface area contributed by atoms with Gasteiger partial charge >= 0.3 is 0 Å². The van der Waals surface area contributed by atoms with Crippen molar-refractivity contribution in [3.05, 3.63) is 46.5 Å². The van der Waals surface area contributed by atoms with Crippen LogP contribution in [0.5, 0.6) is 5.75 Å². The van der Waals surface area contributed by atoms with Crippen molar-refractivity contribution in [2.24, 2.45) is 0 Å². The van der Waals surface area contributed by atoms with Gasteiger partial charge in [0.15, 0.2) is 0 Å². The number of fused-ring (bicyclic) bond motifs is 1. The second-order valence-electron chi connectivity index (χ2n) is 5.39. The van der Waals surface area contributed by atoms with Crippen molar-refractivity contribution in [1.29, 1.82) is 0 Å². The highest BCUT2D eigenvalue weighted by Gasteiger charge is 2.21. The van der Waals surface area contributed by atoms with Crippen LogP contribution in [-0.2, 0) is 4.79 Å². The Bertz CT molecular complexity index is 983. The topological polar surface area (TPSA) is 85.6 Å². The van der Waals surface area contributed by atoms with Gasteiger partial charge in [0.05, 0.1) is 22.2 Å². The van der Waals surface area contributed by atoms with Crippen molar-refractivity contribution >= 4 is 38.8 Å². The van der Waals surface area contributed by atoms with Gasteiger partial charge in [-0.25, -0.2) is 4.98 Å². The zero-order valence-electron chi connectivity index (χ0n) is 13.8. The summed E-state index contributed by atoms with van der Waals surface area (Å²) in [5.74, 6) is 0.454. The SMILES string of the molecule is COc1ccc2nc(-c3ccc(N(C)C(C)=O)c([N+](=O)[O-])c3)sc2c1. The Labute approximate surface area is 147 Å². The maximum absolute atomic E-state index is 11.5. The summed E-state index contributed by atoms with van der Waals surface area (Å²) in [5.41, 5.74) is 1.55. The van der Waals surface area contributed by atoms with Gasteiger partial charge in [-0.15, -0.1) is 11.3 Å². The van der Waals surface area contributed by atoms with Crippen LogP contribution in [0.3, 0.4) is 0 Å². The van der Waals surface area contributed by atoms with Crippen molar-refractivity contribution in [2.75, 3.05) is 19.1 Å². The zero-order chi connectivity index (χ0) is 18.1. The third-order valence-corrected chi connectivity index (χ3v) is 4.92. The summed E-state index contributed by atoms with van der Waals surface area (Å²) in [6.45, 7) is 1.36. The van der Waals surface area contributed by atoms with Crippen molar-refractivity contribution in [3.8, 4) is 16.3 Å². The van der Waals surface area contributed by atoms with E-state index in [4.69, 9.17) is 4.74 Å². The predicted molar refractivity (Wildman–Crippen MR) is 97.3 cm³/mol. The number of nitro benzene ring substituents is 1. The van der Waals surface area contributed by atoms with E-state index in [9.17, 15) is 14.9 Å². The van der Waals surface area contributed by atoms with Crippen molar-refractivity contribution < 1.29 is 14.5 Å². The summed E-state index contributed by atoms with van der Waals surface area (Å²) in [6, 6.07) is 10.3. The molecule has 0 radical (unpaired) electrons. The van der Waals surface area contributed by atoms with E-state index in [2.05, 4.69) is 4.98 Å². The minimum atomic E-state index is -0.491. The third-order valence-electron chi connectivity index (χ3n) is 3.85. The quantitative estimate of drug-likeness (QED) is 0.523. The number of carbonyl (C=O) groups excluding carboxylic acids is 1. The number of aromatic nitrogens is 1. The van der Waals surface area contributed by atoms with Gasteiger partial charge in [-0.1, -0.05) is 0 Å². The van der Waals surface area contributed by atoms with Crippen LogP contribution in [-0.4, -0.2) is 30.0 Å². The average molecular weight is 357 g/mol. The van der Waals surface area contributed by atoms with Gasteiger partial charge in [0.1, 0.15) is 16.4 Å². The Balaban J connectivity index is 2.10. The Morgan fingerprint density at radius 2 is 2.04 bits per heavy atom. The van der Waals surface area contributed by atoms with E-state index in [1.165, 1.54) is 36.3 Å². The van der Waals surface area contributed by atoms with Gasteiger partial charge < -0.3 is 9.64 Å². The molecule has 0 aliphatic heterocycles. The van der Waals surface area contributed by atoms with Crippen LogP contribution >= 0.6 is 11.3 Å². The highest BCUT2D eigenvalue weighted by atomic mass is 32.1. The maximum atomic E-state index is 11.5. The molecule has 0 unspecified atom stereocenters. The Kier molecular flexibility index (Phi) is 4.37. The summed E-state index contributed by atoms with van der Waals surface area (Å²) in [6.07, 6.45) is 0. The molecule has 7 nitrogen and oxygen atoms in total. The first-order chi connectivity index (χ1) is 11.9. The molecule has 8 heteroatoms. The predicted octanol–water partition coefficient (Wildman–Crippen LogP) is 3.86. The molecule has 0 atom stereocenters. The van der Waals surface area contributed by atoms with E-state index in [1.54, 1.807) is 19.2 Å². The molecule has 1 amide bonds. The van der Waals surface area contributed by atoms with Crippen LogP contribution in [0.1, 0.15) is 6.92 Å². The van der Waals surface area contributed by atoms with Gasteiger partial charge in [0.25, 0.3) is 5.69 Å². The highest BCUT2D eigenvalue weighted by Crippen LogP contribution is 2.36. The lowest BCUT2D eigenvalue weighted by Gasteiger charge is -2.15. The lowest BCUT2D eigenvalue weighted by molar-refractivity contribution is -0.384. The lowest BCUT2D eigenvalue weighted by atomic mass is 10.1. The third kappa shape index (κ3) is 3.16. The second-order valence-corrected chi connectivity index (χ2v) is 6.42. The van der Waals surface area contributed by atoms with Gasteiger partial charge in [-0.3, -0.25) is 14.9 Å². The average Bonchev–Trinajstić information content (AvgIpc) is 3.03. The maximum Gasteiger partial charge on any atom is 0.293 e. The number of ether oxygens (including phenoxy) is 1. The smallest absolute Gasteiger partial charge is 0.293 e. The van der Waals surface area contributed by atoms with Crippen LogP contribution < -0.4 is 9.64 Å². The van der Waals surface area contributed by atoms with E-state index in [1.807, 2.05) is 18.2 Å². The number of hydrogen-bond donors (Lipinski definition) is 0. The van der Waals surface area contributed by atoms with Crippen molar-refractivity contribution in [3.63, 3.8) is 0 Å². The van der Waals surface area contributed by atoms with E-state index in [0.717, 1.165) is 16.0 Å². The molecule has 25 heavy (non-hydrogen) atoms. The fraction of sp³-hybridized carbons (Fsp3) is 0.176. The first-order valence-corrected chi connectivity index (χ1v) is 8.20. The van der Waals surface area contributed by atoms with Crippen molar-refractivity contribution in [1.82, 2.24) is 4.98 Å². The fourth-order valence-corrected chi connectivity index (χ4v) is 3.40. The Morgan fingerprint density at radius 3 is 2.68 bits per heavy atom. The summed E-state index contributed by atoms with van der Waals surface area (Å²) in [4.78, 5) is 28.2. The zero-order valence-corrected chi connectivity index (χ0v) is 14.7. The molecule has 0 aliphatic rings. The number of benzene rings is 2. The number of nitro groups is 1. The van der Waals surface area contributed by atoms with Gasteiger partial charge in [0.2, 0.25) is 5.91 Å². The largest absolute Gasteiger partial charge is 0.497 e. The molecule has 3 rings (SSSR count). The van der Waals surface area contributed by atoms with Gasteiger partial charge in [-0.2, -0.15) is 0 Å². The summed E-state index contributed by atoms with van der Waals surface area (Å²) in [7, 11) is 3.10. The van der Waals surface area contributed by atoms with Crippen LogP contribution in [0.25, 0.3) is 20.8 Å². The number of rotatable bonds is 4. The molecule has 1 aromatic heterocycles. The van der Waals surface area contributed by atoms with Gasteiger partial charge in [0, 0.05) is 25.6 Å². The summed E-state index contributed by atoms with van der Waals surface area (Å²) < 4.78 is 6.14. The molecule has 0 saturated carbocycles. The van der Waals surface area contributed by atoms with E-state index >= 15 is 0 Å². The van der Waals surface area contributed by atoms with Crippen LogP contribution in [0.15, 0.2) is 36.4 Å². The number of thiazole rings is 1. The number of hydrogen-bond acceptors (Lipinski definition) is 6. The summed E-state index contributed by atoms with van der Waals surface area (Å²) in [5, 5.41) is 12.1. The molecule has 0 bridgehead atoms. The standard InChI is InChI=1S/C17H15N3O4S/c1-10(21)19(2)14-7-4-11(8-15(14)20(22)23)17-18-13-6-5-12(24-3)9-16(13)25-17/h4-9H,1-3H3. The minimum absolute atomic E-state index is 0.132.